The Morgan fingerprint density at radius 1 is 1.15 bits per heavy atom. The number of carbonyl (C=O) groups is 2. The first-order valence-electron chi connectivity index (χ1n) is 8.95. The summed E-state index contributed by atoms with van der Waals surface area (Å²) in [5, 5.41) is 1.99. The number of morpholine rings is 1. The zero-order valence-corrected chi connectivity index (χ0v) is 15.4. The molecular formula is C20H22N2O3S. The van der Waals surface area contributed by atoms with Crippen LogP contribution in [0.4, 0.5) is 5.69 Å². The van der Waals surface area contributed by atoms with Crippen molar-refractivity contribution in [2.24, 2.45) is 0 Å². The van der Waals surface area contributed by atoms with Crippen LogP contribution in [0.5, 0.6) is 0 Å². The van der Waals surface area contributed by atoms with E-state index in [1.54, 1.807) is 16.2 Å². The number of thiophene rings is 1. The number of anilines is 1. The van der Waals surface area contributed by atoms with E-state index in [0.29, 0.717) is 19.5 Å². The van der Waals surface area contributed by atoms with E-state index in [1.807, 2.05) is 52.7 Å². The van der Waals surface area contributed by atoms with Gasteiger partial charge in [0.05, 0.1) is 19.5 Å². The summed E-state index contributed by atoms with van der Waals surface area (Å²) < 4.78 is 6.00. The number of likely N-dealkylation sites (tertiary alicyclic amines) is 1. The summed E-state index contributed by atoms with van der Waals surface area (Å²) in [5.41, 5.74) is 0.426. The van der Waals surface area contributed by atoms with Gasteiger partial charge in [-0.05, 0) is 36.4 Å². The van der Waals surface area contributed by atoms with Crippen LogP contribution in [0.2, 0.25) is 0 Å². The summed E-state index contributed by atoms with van der Waals surface area (Å²) in [6, 6.07) is 13.7. The van der Waals surface area contributed by atoms with Gasteiger partial charge < -0.3 is 14.5 Å². The van der Waals surface area contributed by atoms with Crippen molar-refractivity contribution in [1.29, 1.82) is 0 Å². The van der Waals surface area contributed by atoms with E-state index in [4.69, 9.17) is 4.74 Å². The number of rotatable bonds is 3. The third kappa shape index (κ3) is 3.52. The molecule has 4 rings (SSSR count). The van der Waals surface area contributed by atoms with Gasteiger partial charge in [-0.25, -0.2) is 0 Å². The minimum Gasteiger partial charge on any atom is -0.361 e. The summed E-state index contributed by atoms with van der Waals surface area (Å²) in [6.07, 6.45) is 2.20. The van der Waals surface area contributed by atoms with Crippen molar-refractivity contribution in [3.8, 4) is 0 Å². The van der Waals surface area contributed by atoms with Crippen molar-refractivity contribution in [1.82, 2.24) is 4.90 Å². The van der Waals surface area contributed by atoms with Crippen LogP contribution in [-0.4, -0.2) is 48.6 Å². The molecule has 1 unspecified atom stereocenters. The molecule has 0 N–H and O–H groups in total. The van der Waals surface area contributed by atoms with Crippen LogP contribution >= 0.6 is 11.3 Å². The van der Waals surface area contributed by atoms with Crippen molar-refractivity contribution >= 4 is 28.8 Å². The lowest BCUT2D eigenvalue weighted by Gasteiger charge is -2.47. The topological polar surface area (TPSA) is 49.9 Å². The van der Waals surface area contributed by atoms with Crippen LogP contribution in [0.15, 0.2) is 47.8 Å². The molecule has 2 saturated heterocycles. The average molecular weight is 370 g/mol. The highest BCUT2D eigenvalue weighted by molar-refractivity contribution is 7.10. The average Bonchev–Trinajstić information content (AvgIpc) is 3.18. The second-order valence-electron chi connectivity index (χ2n) is 6.96. The molecule has 2 fully saturated rings. The molecular weight excluding hydrogens is 348 g/mol. The molecule has 0 bridgehead atoms. The number of piperidine rings is 1. The Morgan fingerprint density at radius 2 is 2.00 bits per heavy atom. The number of nitrogens with zero attached hydrogens (tertiary/aromatic N) is 2. The van der Waals surface area contributed by atoms with E-state index in [0.717, 1.165) is 30.0 Å². The zero-order valence-electron chi connectivity index (χ0n) is 14.6. The fourth-order valence-electron chi connectivity index (χ4n) is 3.79. The Hall–Kier alpha value is -2.18. The van der Waals surface area contributed by atoms with E-state index in [2.05, 4.69) is 0 Å². The third-order valence-electron chi connectivity index (χ3n) is 5.11. The van der Waals surface area contributed by atoms with Gasteiger partial charge in [-0.3, -0.25) is 9.59 Å². The molecule has 0 radical (unpaired) electrons. The molecule has 1 aromatic carbocycles. The van der Waals surface area contributed by atoms with E-state index in [-0.39, 0.29) is 18.4 Å². The molecule has 0 saturated carbocycles. The van der Waals surface area contributed by atoms with Crippen molar-refractivity contribution in [3.05, 3.63) is 52.7 Å². The Balaban J connectivity index is 1.48. The lowest BCUT2D eigenvalue weighted by molar-refractivity contribution is -0.153. The van der Waals surface area contributed by atoms with Crippen LogP contribution in [0, 0.1) is 0 Å². The van der Waals surface area contributed by atoms with Crippen molar-refractivity contribution < 1.29 is 14.3 Å². The molecule has 6 heteroatoms. The highest BCUT2D eigenvalue weighted by Crippen LogP contribution is 2.32. The van der Waals surface area contributed by atoms with Crippen LogP contribution < -0.4 is 4.90 Å². The number of amides is 2. The number of hydrogen-bond acceptors (Lipinski definition) is 4. The second kappa shape index (κ2) is 7.21. The SMILES string of the molecule is O=C(Cc1cccs1)N1CCCC2(C1)CN(c1ccccc1)C(=O)CO2. The summed E-state index contributed by atoms with van der Waals surface area (Å²) >= 11 is 1.61. The van der Waals surface area contributed by atoms with Gasteiger partial charge in [0.25, 0.3) is 5.91 Å². The monoisotopic (exact) mass is 370 g/mol. The Labute approximate surface area is 157 Å². The lowest BCUT2D eigenvalue weighted by atomic mass is 9.90. The lowest BCUT2D eigenvalue weighted by Crippen LogP contribution is -2.62. The number of carbonyl (C=O) groups excluding carboxylic acids is 2. The van der Waals surface area contributed by atoms with E-state index >= 15 is 0 Å². The first kappa shape index (κ1) is 17.2. The maximum Gasteiger partial charge on any atom is 0.253 e. The largest absolute Gasteiger partial charge is 0.361 e. The first-order chi connectivity index (χ1) is 12.7. The summed E-state index contributed by atoms with van der Waals surface area (Å²) in [4.78, 5) is 29.9. The van der Waals surface area contributed by atoms with Crippen LogP contribution in [0.3, 0.4) is 0 Å². The fraction of sp³-hybridized carbons (Fsp3) is 0.400. The molecule has 2 aromatic rings. The van der Waals surface area contributed by atoms with Gasteiger partial charge in [-0.15, -0.1) is 11.3 Å². The van der Waals surface area contributed by atoms with E-state index in [9.17, 15) is 9.59 Å². The Kier molecular flexibility index (Phi) is 4.78. The molecule has 1 aromatic heterocycles. The van der Waals surface area contributed by atoms with Crippen molar-refractivity contribution in [2.75, 3.05) is 31.1 Å². The molecule has 1 atom stereocenters. The molecule has 0 aliphatic carbocycles. The summed E-state index contributed by atoms with van der Waals surface area (Å²) in [5.74, 6) is 0.113. The second-order valence-corrected chi connectivity index (χ2v) is 7.99. The molecule has 2 aliphatic heterocycles. The maximum atomic E-state index is 12.7. The van der Waals surface area contributed by atoms with E-state index in [1.165, 1.54) is 0 Å². The van der Waals surface area contributed by atoms with Crippen molar-refractivity contribution in [3.63, 3.8) is 0 Å². The van der Waals surface area contributed by atoms with Gasteiger partial charge in [0, 0.05) is 17.1 Å². The first-order valence-corrected chi connectivity index (χ1v) is 9.83. The zero-order chi connectivity index (χ0) is 18.0. The van der Waals surface area contributed by atoms with Gasteiger partial charge in [-0.1, -0.05) is 24.3 Å². The fourth-order valence-corrected chi connectivity index (χ4v) is 4.49. The molecule has 3 heterocycles. The number of ether oxygens (including phenoxy) is 1. The number of para-hydroxylation sites is 1. The van der Waals surface area contributed by atoms with Gasteiger partial charge in [-0.2, -0.15) is 0 Å². The van der Waals surface area contributed by atoms with Crippen LogP contribution in [0.25, 0.3) is 0 Å². The molecule has 1 spiro atoms. The van der Waals surface area contributed by atoms with Gasteiger partial charge in [0.2, 0.25) is 5.91 Å². The minimum absolute atomic E-state index is 0.0242. The molecule has 136 valence electrons. The molecule has 26 heavy (non-hydrogen) atoms. The number of benzene rings is 1. The maximum absolute atomic E-state index is 12.7. The predicted octanol–water partition coefficient (Wildman–Crippen LogP) is 2.72. The Morgan fingerprint density at radius 3 is 2.77 bits per heavy atom. The number of hydrogen-bond donors (Lipinski definition) is 0. The smallest absolute Gasteiger partial charge is 0.253 e. The van der Waals surface area contributed by atoms with Gasteiger partial charge in [0.1, 0.15) is 12.2 Å². The van der Waals surface area contributed by atoms with E-state index < -0.39 is 5.60 Å². The highest BCUT2D eigenvalue weighted by Gasteiger charge is 2.44. The van der Waals surface area contributed by atoms with Gasteiger partial charge >= 0.3 is 0 Å². The molecule has 5 nitrogen and oxygen atoms in total. The third-order valence-corrected chi connectivity index (χ3v) is 5.99. The Bertz CT molecular complexity index is 778. The normalized spacial score (nSPS) is 23.5. The molecule has 2 aliphatic rings. The van der Waals surface area contributed by atoms with Crippen LogP contribution in [-0.2, 0) is 20.7 Å². The standard InChI is InChI=1S/C20H22N2O3S/c23-18(12-17-8-4-11-26-17)21-10-5-9-20(14-21)15-22(19(24)13-25-20)16-6-2-1-3-7-16/h1-4,6-8,11H,5,9-10,12-15H2. The summed E-state index contributed by atoms with van der Waals surface area (Å²) in [7, 11) is 0. The van der Waals surface area contributed by atoms with Gasteiger partial charge in [0.15, 0.2) is 0 Å². The predicted molar refractivity (Wildman–Crippen MR) is 101 cm³/mol. The minimum atomic E-state index is -0.465. The molecule has 2 amide bonds. The van der Waals surface area contributed by atoms with Crippen molar-refractivity contribution in [2.45, 2.75) is 24.9 Å². The highest BCUT2D eigenvalue weighted by atomic mass is 32.1. The quantitative estimate of drug-likeness (QED) is 0.835. The van der Waals surface area contributed by atoms with Crippen LogP contribution in [0.1, 0.15) is 17.7 Å². The summed E-state index contributed by atoms with van der Waals surface area (Å²) in [6.45, 7) is 1.88.